The largest absolute Gasteiger partial charge is 0.467 e. The zero-order valence-electron chi connectivity index (χ0n) is 12.6. The lowest BCUT2D eigenvalue weighted by Crippen LogP contribution is -2.53. The Morgan fingerprint density at radius 3 is 2.16 bits per heavy atom. The van der Waals surface area contributed by atoms with Gasteiger partial charge in [-0.15, -0.1) is 0 Å². The van der Waals surface area contributed by atoms with E-state index in [1.807, 2.05) is 13.8 Å². The molecule has 0 aromatic carbocycles. The Bertz CT molecular complexity index is 321. The predicted octanol–water partition coefficient (Wildman–Crippen LogP) is 1.87. The van der Waals surface area contributed by atoms with Gasteiger partial charge in [-0.05, 0) is 24.2 Å². The molecule has 5 heteroatoms. The van der Waals surface area contributed by atoms with Gasteiger partial charge in [0.2, 0.25) is 0 Å². The normalized spacial score (nSPS) is 25.1. The van der Waals surface area contributed by atoms with Crippen molar-refractivity contribution in [2.75, 3.05) is 20.2 Å². The van der Waals surface area contributed by atoms with Crippen LogP contribution in [0, 0.1) is 17.8 Å². The topological polar surface area (TPSA) is 58.6 Å². The maximum Gasteiger partial charge on any atom is 0.328 e. The molecule has 1 heterocycles. The fourth-order valence-corrected chi connectivity index (χ4v) is 2.68. The van der Waals surface area contributed by atoms with E-state index >= 15 is 0 Å². The summed E-state index contributed by atoms with van der Waals surface area (Å²) >= 11 is 0. The Balaban J connectivity index is 2.63. The summed E-state index contributed by atoms with van der Waals surface area (Å²) in [7, 11) is 1.34. The molecule has 1 aliphatic heterocycles. The number of nitrogens with one attached hydrogen (secondary N) is 1. The Hall–Kier alpha value is -1.26. The van der Waals surface area contributed by atoms with Crippen molar-refractivity contribution < 1.29 is 14.3 Å². The van der Waals surface area contributed by atoms with Gasteiger partial charge in [0, 0.05) is 13.1 Å². The number of urea groups is 1. The van der Waals surface area contributed by atoms with E-state index in [0.29, 0.717) is 11.8 Å². The van der Waals surface area contributed by atoms with Crippen LogP contribution in [0.1, 0.15) is 34.1 Å². The van der Waals surface area contributed by atoms with E-state index in [2.05, 4.69) is 19.2 Å². The maximum atomic E-state index is 12.2. The average molecular weight is 270 g/mol. The number of ether oxygens (including phenoxy) is 1. The molecule has 19 heavy (non-hydrogen) atoms. The van der Waals surface area contributed by atoms with Gasteiger partial charge in [0.05, 0.1) is 7.11 Å². The zero-order chi connectivity index (χ0) is 14.6. The highest BCUT2D eigenvalue weighted by molar-refractivity contribution is 5.83. The van der Waals surface area contributed by atoms with Gasteiger partial charge in [-0.1, -0.05) is 27.7 Å². The molecule has 0 saturated carbocycles. The molecule has 3 atom stereocenters. The molecule has 5 nitrogen and oxygen atoms in total. The summed E-state index contributed by atoms with van der Waals surface area (Å²) in [6.07, 6.45) is 1.15. The number of carbonyl (C=O) groups excluding carboxylic acids is 2. The van der Waals surface area contributed by atoms with Crippen LogP contribution in [0.3, 0.4) is 0 Å². The molecule has 1 rings (SSSR count). The van der Waals surface area contributed by atoms with Crippen LogP contribution < -0.4 is 5.32 Å². The molecule has 110 valence electrons. The van der Waals surface area contributed by atoms with Crippen LogP contribution in [-0.2, 0) is 9.53 Å². The van der Waals surface area contributed by atoms with Gasteiger partial charge in [0.1, 0.15) is 6.04 Å². The summed E-state index contributed by atoms with van der Waals surface area (Å²) in [5.74, 6) is 0.632. The fourth-order valence-electron chi connectivity index (χ4n) is 2.68. The molecule has 0 bridgehead atoms. The maximum absolute atomic E-state index is 12.2. The quantitative estimate of drug-likeness (QED) is 0.796. The third-order valence-electron chi connectivity index (χ3n) is 3.56. The lowest BCUT2D eigenvalue weighted by molar-refractivity contribution is -0.144. The standard InChI is InChI=1S/C14H26N2O3/c1-9(2)12(13(17)19-5)15-14(18)16-7-10(3)6-11(4)8-16/h9-12H,6-8H2,1-5H3,(H,15,18)/t10-,11+,12-/m0/s1. The summed E-state index contributed by atoms with van der Waals surface area (Å²) < 4.78 is 4.73. The first-order chi connectivity index (χ1) is 8.85. The summed E-state index contributed by atoms with van der Waals surface area (Å²) in [5.41, 5.74) is 0. The summed E-state index contributed by atoms with van der Waals surface area (Å²) in [6, 6.07) is -0.743. The van der Waals surface area contributed by atoms with Gasteiger partial charge >= 0.3 is 12.0 Å². The van der Waals surface area contributed by atoms with Crippen LogP contribution in [0.4, 0.5) is 4.79 Å². The van der Waals surface area contributed by atoms with Crippen molar-refractivity contribution in [1.82, 2.24) is 10.2 Å². The molecule has 0 aromatic rings. The molecule has 0 spiro atoms. The molecular weight excluding hydrogens is 244 g/mol. The van der Waals surface area contributed by atoms with Crippen molar-refractivity contribution in [3.05, 3.63) is 0 Å². The summed E-state index contributed by atoms with van der Waals surface area (Å²) in [6.45, 7) is 9.59. The second-order valence-electron chi connectivity index (χ2n) is 6.05. The van der Waals surface area contributed by atoms with Crippen molar-refractivity contribution in [1.29, 1.82) is 0 Å². The molecule has 1 N–H and O–H groups in total. The smallest absolute Gasteiger partial charge is 0.328 e. The second-order valence-corrected chi connectivity index (χ2v) is 6.05. The minimum Gasteiger partial charge on any atom is -0.467 e. The van der Waals surface area contributed by atoms with Gasteiger partial charge in [-0.3, -0.25) is 0 Å². The van der Waals surface area contributed by atoms with Gasteiger partial charge in [0.25, 0.3) is 0 Å². The number of hydrogen-bond acceptors (Lipinski definition) is 3. The van der Waals surface area contributed by atoms with Crippen LogP contribution >= 0.6 is 0 Å². The number of carbonyl (C=O) groups is 2. The summed E-state index contributed by atoms with van der Waals surface area (Å²) in [5, 5.41) is 2.79. The van der Waals surface area contributed by atoms with Crippen LogP contribution in [0.2, 0.25) is 0 Å². The predicted molar refractivity (Wildman–Crippen MR) is 73.7 cm³/mol. The first kappa shape index (κ1) is 15.8. The van der Waals surface area contributed by atoms with Crippen molar-refractivity contribution >= 4 is 12.0 Å². The Kier molecular flexibility index (Phi) is 5.63. The zero-order valence-corrected chi connectivity index (χ0v) is 12.6. The highest BCUT2D eigenvalue weighted by Gasteiger charge is 2.30. The molecule has 0 unspecified atom stereocenters. The SMILES string of the molecule is COC(=O)[C@@H](NC(=O)N1C[C@H](C)C[C@H](C)C1)C(C)C. The van der Waals surface area contributed by atoms with Gasteiger partial charge in [-0.2, -0.15) is 0 Å². The third kappa shape index (κ3) is 4.40. The lowest BCUT2D eigenvalue weighted by atomic mass is 9.92. The second kappa shape index (κ2) is 6.78. The van der Waals surface area contributed by atoms with Crippen molar-refractivity contribution in [3.8, 4) is 0 Å². The number of amides is 2. The molecular formula is C14H26N2O3. The van der Waals surface area contributed by atoms with Crippen LogP contribution in [0.5, 0.6) is 0 Å². The van der Waals surface area contributed by atoms with E-state index in [1.165, 1.54) is 7.11 Å². The highest BCUT2D eigenvalue weighted by Crippen LogP contribution is 2.21. The Labute approximate surface area is 115 Å². The molecule has 1 aliphatic rings. The van der Waals surface area contributed by atoms with Gasteiger partial charge < -0.3 is 15.0 Å². The average Bonchev–Trinajstić information content (AvgIpc) is 2.33. The number of methoxy groups -OCH3 is 1. The fraction of sp³-hybridized carbons (Fsp3) is 0.857. The van der Waals surface area contributed by atoms with E-state index in [9.17, 15) is 9.59 Å². The third-order valence-corrected chi connectivity index (χ3v) is 3.56. The van der Waals surface area contributed by atoms with Crippen molar-refractivity contribution in [3.63, 3.8) is 0 Å². The first-order valence-corrected chi connectivity index (χ1v) is 6.98. The Morgan fingerprint density at radius 1 is 1.21 bits per heavy atom. The Morgan fingerprint density at radius 2 is 1.74 bits per heavy atom. The molecule has 2 amide bonds. The van der Waals surface area contributed by atoms with E-state index in [0.717, 1.165) is 19.5 Å². The van der Waals surface area contributed by atoms with Crippen molar-refractivity contribution in [2.24, 2.45) is 17.8 Å². The summed E-state index contributed by atoms with van der Waals surface area (Å²) in [4.78, 5) is 25.7. The molecule has 0 aliphatic carbocycles. The van der Waals surface area contributed by atoms with E-state index < -0.39 is 6.04 Å². The number of piperidine rings is 1. The van der Waals surface area contributed by atoms with E-state index in [4.69, 9.17) is 4.74 Å². The number of esters is 1. The lowest BCUT2D eigenvalue weighted by Gasteiger charge is -2.36. The van der Waals surface area contributed by atoms with E-state index in [-0.39, 0.29) is 17.9 Å². The van der Waals surface area contributed by atoms with Crippen LogP contribution in [0.25, 0.3) is 0 Å². The molecule has 1 fully saturated rings. The molecule has 0 radical (unpaired) electrons. The van der Waals surface area contributed by atoms with Crippen molar-refractivity contribution in [2.45, 2.75) is 40.2 Å². The minimum atomic E-state index is -0.579. The number of likely N-dealkylation sites (tertiary alicyclic amines) is 1. The molecule has 0 aromatic heterocycles. The number of nitrogens with zero attached hydrogens (tertiary/aromatic N) is 1. The first-order valence-electron chi connectivity index (χ1n) is 6.98. The van der Waals surface area contributed by atoms with Gasteiger partial charge in [0.15, 0.2) is 0 Å². The number of hydrogen-bond donors (Lipinski definition) is 1. The van der Waals surface area contributed by atoms with Gasteiger partial charge in [-0.25, -0.2) is 9.59 Å². The molecule has 1 saturated heterocycles. The van der Waals surface area contributed by atoms with Crippen LogP contribution in [0.15, 0.2) is 0 Å². The minimum absolute atomic E-state index is 0.0102. The van der Waals surface area contributed by atoms with Crippen LogP contribution in [-0.4, -0.2) is 43.1 Å². The monoisotopic (exact) mass is 270 g/mol. The number of rotatable bonds is 3. The highest BCUT2D eigenvalue weighted by atomic mass is 16.5. The van der Waals surface area contributed by atoms with E-state index in [1.54, 1.807) is 4.90 Å².